The van der Waals surface area contributed by atoms with Gasteiger partial charge in [-0.15, -0.1) is 11.3 Å². The maximum atomic E-state index is 11.9. The standard InChI is InChI=1S/C13H20BrNO2S/c1-4-6-11(13(16)17-5-2)15(3)8-10-7-12(14)18-9-10/h7,9,11H,4-6,8H2,1-3H3. The Morgan fingerprint density at radius 3 is 2.78 bits per heavy atom. The Morgan fingerprint density at radius 2 is 2.28 bits per heavy atom. The van der Waals surface area contributed by atoms with Gasteiger partial charge in [0.1, 0.15) is 6.04 Å². The summed E-state index contributed by atoms with van der Waals surface area (Å²) in [6, 6.07) is 1.95. The van der Waals surface area contributed by atoms with Gasteiger partial charge < -0.3 is 4.74 Å². The molecule has 102 valence electrons. The molecule has 0 saturated carbocycles. The fourth-order valence-electron chi connectivity index (χ4n) is 1.86. The molecule has 0 aliphatic rings. The van der Waals surface area contributed by atoms with Gasteiger partial charge in [0, 0.05) is 6.54 Å². The molecule has 3 nitrogen and oxygen atoms in total. The van der Waals surface area contributed by atoms with Gasteiger partial charge in [-0.2, -0.15) is 0 Å². The van der Waals surface area contributed by atoms with Crippen LogP contribution >= 0.6 is 27.3 Å². The molecule has 1 heterocycles. The van der Waals surface area contributed by atoms with Crippen molar-refractivity contribution in [2.24, 2.45) is 0 Å². The third kappa shape index (κ3) is 4.71. The molecule has 0 bridgehead atoms. The summed E-state index contributed by atoms with van der Waals surface area (Å²) in [7, 11) is 1.98. The van der Waals surface area contributed by atoms with E-state index in [1.54, 1.807) is 11.3 Å². The molecule has 1 aromatic rings. The number of thiophene rings is 1. The predicted molar refractivity (Wildman–Crippen MR) is 78.8 cm³/mol. The number of nitrogens with zero attached hydrogens (tertiary/aromatic N) is 1. The van der Waals surface area contributed by atoms with E-state index in [-0.39, 0.29) is 12.0 Å². The smallest absolute Gasteiger partial charge is 0.323 e. The SMILES string of the molecule is CCCC(C(=O)OCC)N(C)Cc1csc(Br)c1. The molecule has 0 aromatic carbocycles. The van der Waals surface area contributed by atoms with Crippen LogP contribution in [0.4, 0.5) is 0 Å². The van der Waals surface area contributed by atoms with Crippen LogP contribution in [0.15, 0.2) is 15.2 Å². The zero-order valence-electron chi connectivity index (χ0n) is 11.1. The normalized spacial score (nSPS) is 12.7. The number of halogens is 1. The van der Waals surface area contributed by atoms with Gasteiger partial charge >= 0.3 is 5.97 Å². The molecule has 18 heavy (non-hydrogen) atoms. The van der Waals surface area contributed by atoms with Crippen LogP contribution in [0.2, 0.25) is 0 Å². The first kappa shape index (κ1) is 15.7. The van der Waals surface area contributed by atoms with Crippen LogP contribution in [0.3, 0.4) is 0 Å². The minimum absolute atomic E-state index is 0.115. The molecule has 0 amide bonds. The summed E-state index contributed by atoms with van der Waals surface area (Å²) in [6.07, 6.45) is 1.81. The van der Waals surface area contributed by atoms with Crippen LogP contribution in [0.1, 0.15) is 32.3 Å². The highest BCUT2D eigenvalue weighted by Crippen LogP contribution is 2.22. The molecule has 5 heteroatoms. The Kier molecular flexibility index (Phi) is 6.89. The molecular weight excluding hydrogens is 314 g/mol. The Bertz CT molecular complexity index is 381. The minimum atomic E-state index is -0.145. The van der Waals surface area contributed by atoms with Crippen molar-refractivity contribution in [1.82, 2.24) is 4.90 Å². The first-order valence-electron chi connectivity index (χ1n) is 6.18. The molecule has 0 saturated heterocycles. The quantitative estimate of drug-likeness (QED) is 0.713. The summed E-state index contributed by atoms with van der Waals surface area (Å²) in [5, 5.41) is 2.11. The minimum Gasteiger partial charge on any atom is -0.465 e. The van der Waals surface area contributed by atoms with Gasteiger partial charge in [0.2, 0.25) is 0 Å². The molecule has 0 aliphatic carbocycles. The molecular formula is C13H20BrNO2S. The summed E-state index contributed by atoms with van der Waals surface area (Å²) in [5.74, 6) is -0.115. The van der Waals surface area contributed by atoms with Crippen molar-refractivity contribution in [3.05, 3.63) is 20.8 Å². The lowest BCUT2D eigenvalue weighted by Crippen LogP contribution is -2.39. The lowest BCUT2D eigenvalue weighted by molar-refractivity contribution is -0.149. The second kappa shape index (κ2) is 7.92. The van der Waals surface area contributed by atoms with Gasteiger partial charge in [0.25, 0.3) is 0 Å². The Labute approximate surface area is 121 Å². The highest BCUT2D eigenvalue weighted by molar-refractivity contribution is 9.11. The van der Waals surface area contributed by atoms with Crippen molar-refractivity contribution >= 4 is 33.2 Å². The van der Waals surface area contributed by atoms with Gasteiger partial charge in [-0.05, 0) is 53.3 Å². The molecule has 0 radical (unpaired) electrons. The number of carbonyl (C=O) groups is 1. The van der Waals surface area contributed by atoms with E-state index in [1.807, 2.05) is 14.0 Å². The Hall–Kier alpha value is -0.390. The largest absolute Gasteiger partial charge is 0.465 e. The van der Waals surface area contributed by atoms with Crippen LogP contribution in [0, 0.1) is 0 Å². The number of carbonyl (C=O) groups excluding carboxylic acids is 1. The van der Waals surface area contributed by atoms with Gasteiger partial charge in [0.15, 0.2) is 0 Å². The van der Waals surface area contributed by atoms with Crippen LogP contribution in [-0.2, 0) is 16.1 Å². The maximum Gasteiger partial charge on any atom is 0.323 e. The number of rotatable bonds is 7. The van der Waals surface area contributed by atoms with Crippen molar-refractivity contribution in [3.8, 4) is 0 Å². The molecule has 1 aromatic heterocycles. The molecule has 0 N–H and O–H groups in total. The number of ether oxygens (including phenoxy) is 1. The van der Waals surface area contributed by atoms with Crippen LogP contribution in [0.5, 0.6) is 0 Å². The average Bonchev–Trinajstić information content (AvgIpc) is 2.71. The van der Waals surface area contributed by atoms with Crippen molar-refractivity contribution < 1.29 is 9.53 Å². The predicted octanol–water partition coefficient (Wildman–Crippen LogP) is 3.67. The second-order valence-electron chi connectivity index (χ2n) is 4.23. The number of likely N-dealkylation sites (N-methyl/N-ethyl adjacent to an activating group) is 1. The van der Waals surface area contributed by atoms with E-state index in [0.29, 0.717) is 6.61 Å². The molecule has 1 unspecified atom stereocenters. The highest BCUT2D eigenvalue weighted by Gasteiger charge is 2.23. The molecule has 0 fully saturated rings. The third-order valence-electron chi connectivity index (χ3n) is 2.71. The first-order valence-corrected chi connectivity index (χ1v) is 7.85. The summed E-state index contributed by atoms with van der Waals surface area (Å²) < 4.78 is 6.25. The zero-order chi connectivity index (χ0) is 13.5. The fourth-order valence-corrected chi connectivity index (χ4v) is 3.06. The average molecular weight is 334 g/mol. The maximum absolute atomic E-state index is 11.9. The van der Waals surface area contributed by atoms with Gasteiger partial charge in [-0.25, -0.2) is 0 Å². The molecule has 0 aliphatic heterocycles. The molecule has 1 atom stereocenters. The lowest BCUT2D eigenvalue weighted by Gasteiger charge is -2.25. The number of esters is 1. The van der Waals surface area contributed by atoms with Gasteiger partial charge in [-0.3, -0.25) is 9.69 Å². The van der Waals surface area contributed by atoms with Crippen molar-refractivity contribution in [2.75, 3.05) is 13.7 Å². The van der Waals surface area contributed by atoms with Crippen LogP contribution in [0.25, 0.3) is 0 Å². The molecule has 0 spiro atoms. The monoisotopic (exact) mass is 333 g/mol. The van der Waals surface area contributed by atoms with E-state index in [4.69, 9.17) is 4.74 Å². The zero-order valence-corrected chi connectivity index (χ0v) is 13.5. The summed E-state index contributed by atoms with van der Waals surface area (Å²) in [4.78, 5) is 14.0. The Balaban J connectivity index is 2.64. The summed E-state index contributed by atoms with van der Waals surface area (Å²) >= 11 is 5.12. The highest BCUT2D eigenvalue weighted by atomic mass is 79.9. The van der Waals surface area contributed by atoms with E-state index in [0.717, 1.165) is 23.2 Å². The molecule has 1 rings (SSSR count). The Morgan fingerprint density at radius 1 is 1.56 bits per heavy atom. The van der Waals surface area contributed by atoms with E-state index in [2.05, 4.69) is 39.2 Å². The van der Waals surface area contributed by atoms with Gasteiger partial charge in [-0.1, -0.05) is 13.3 Å². The van der Waals surface area contributed by atoms with E-state index < -0.39 is 0 Å². The van der Waals surface area contributed by atoms with Crippen LogP contribution < -0.4 is 0 Å². The van der Waals surface area contributed by atoms with E-state index in [9.17, 15) is 4.79 Å². The van der Waals surface area contributed by atoms with Crippen molar-refractivity contribution in [1.29, 1.82) is 0 Å². The number of hydrogen-bond donors (Lipinski definition) is 0. The first-order chi connectivity index (χ1) is 8.58. The topological polar surface area (TPSA) is 29.5 Å². The van der Waals surface area contributed by atoms with E-state index >= 15 is 0 Å². The van der Waals surface area contributed by atoms with Crippen molar-refractivity contribution in [2.45, 2.75) is 39.3 Å². The summed E-state index contributed by atoms with van der Waals surface area (Å²) in [6.45, 7) is 5.14. The van der Waals surface area contributed by atoms with Crippen LogP contribution in [-0.4, -0.2) is 30.6 Å². The third-order valence-corrected chi connectivity index (χ3v) is 4.26. The second-order valence-corrected chi connectivity index (χ2v) is 6.52. The lowest BCUT2D eigenvalue weighted by atomic mass is 10.1. The van der Waals surface area contributed by atoms with Gasteiger partial charge in [0.05, 0.1) is 10.4 Å². The fraction of sp³-hybridized carbons (Fsp3) is 0.615. The van der Waals surface area contributed by atoms with Crippen molar-refractivity contribution in [3.63, 3.8) is 0 Å². The number of hydrogen-bond acceptors (Lipinski definition) is 4. The van der Waals surface area contributed by atoms with E-state index in [1.165, 1.54) is 5.56 Å². The summed E-state index contributed by atoms with van der Waals surface area (Å²) in [5.41, 5.74) is 1.22.